The number of carbonyl (C=O) groups excluding carboxylic acids is 1. The van der Waals surface area contributed by atoms with E-state index in [-0.39, 0.29) is 17.9 Å². The van der Waals surface area contributed by atoms with Gasteiger partial charge in [0.15, 0.2) is 0 Å². The zero-order chi connectivity index (χ0) is 12.1. The maximum atomic E-state index is 11.5. The lowest BCUT2D eigenvalue weighted by molar-refractivity contribution is 0.104. The highest BCUT2D eigenvalue weighted by molar-refractivity contribution is 5.67. The van der Waals surface area contributed by atoms with Gasteiger partial charge in [-0.3, -0.25) is 0 Å². The molecular formula is C12H17NO3. The van der Waals surface area contributed by atoms with Crippen LogP contribution < -0.4 is 0 Å². The third-order valence-corrected chi connectivity index (χ3v) is 2.51. The fourth-order valence-electron chi connectivity index (χ4n) is 1.36. The number of nitrogens with zero attached hydrogens (tertiary/aromatic N) is 1. The zero-order valence-corrected chi connectivity index (χ0v) is 9.80. The molecule has 4 nitrogen and oxygen atoms in total. The number of phenols is 1. The van der Waals surface area contributed by atoms with Gasteiger partial charge in [-0.15, -0.1) is 0 Å². The Kier molecular flexibility index (Phi) is 4.17. The summed E-state index contributed by atoms with van der Waals surface area (Å²) >= 11 is 0. The van der Waals surface area contributed by atoms with E-state index in [4.69, 9.17) is 9.84 Å². The third-order valence-electron chi connectivity index (χ3n) is 2.51. The van der Waals surface area contributed by atoms with Gasteiger partial charge in [-0.05, 0) is 31.5 Å². The highest BCUT2D eigenvalue weighted by Crippen LogP contribution is 2.21. The summed E-state index contributed by atoms with van der Waals surface area (Å²) in [5, 5.41) is 9.17. The summed E-state index contributed by atoms with van der Waals surface area (Å²) in [5.74, 6) is 0.217. The lowest BCUT2D eigenvalue weighted by atomic mass is 10.1. The third kappa shape index (κ3) is 2.89. The highest BCUT2D eigenvalue weighted by Gasteiger charge is 2.17. The van der Waals surface area contributed by atoms with Gasteiger partial charge in [0.1, 0.15) is 5.75 Å². The maximum Gasteiger partial charge on any atom is 0.409 e. The number of hydrogen-bond donors (Lipinski definition) is 1. The Labute approximate surface area is 95.5 Å². The Hall–Kier alpha value is -1.71. The van der Waals surface area contributed by atoms with Gasteiger partial charge >= 0.3 is 6.09 Å². The first-order valence-corrected chi connectivity index (χ1v) is 5.24. The summed E-state index contributed by atoms with van der Waals surface area (Å²) in [5.41, 5.74) is 0.952. The normalized spacial score (nSPS) is 11.9. The van der Waals surface area contributed by atoms with E-state index in [0.717, 1.165) is 5.56 Å². The lowest BCUT2D eigenvalue weighted by Crippen LogP contribution is -2.30. The Morgan fingerprint density at radius 1 is 1.44 bits per heavy atom. The van der Waals surface area contributed by atoms with E-state index < -0.39 is 0 Å². The van der Waals surface area contributed by atoms with E-state index in [9.17, 15) is 4.79 Å². The maximum absolute atomic E-state index is 11.5. The van der Waals surface area contributed by atoms with Gasteiger partial charge in [-0.1, -0.05) is 12.1 Å². The average molecular weight is 223 g/mol. The lowest BCUT2D eigenvalue weighted by Gasteiger charge is -2.24. The number of carbonyl (C=O) groups is 1. The van der Waals surface area contributed by atoms with Gasteiger partial charge < -0.3 is 14.7 Å². The minimum Gasteiger partial charge on any atom is -0.508 e. The molecule has 1 rings (SSSR count). The van der Waals surface area contributed by atoms with Crippen molar-refractivity contribution in [3.8, 4) is 5.75 Å². The molecule has 1 aromatic rings. The molecule has 0 bridgehead atoms. The number of phenolic OH excluding ortho intramolecular Hbond substituents is 1. The van der Waals surface area contributed by atoms with E-state index in [2.05, 4.69) is 0 Å². The number of rotatable bonds is 3. The van der Waals surface area contributed by atoms with E-state index in [1.165, 1.54) is 4.90 Å². The Balaban J connectivity index is 2.73. The molecule has 88 valence electrons. The molecular weight excluding hydrogens is 206 g/mol. The minimum absolute atomic E-state index is 0.0837. The molecule has 4 heteroatoms. The molecule has 0 aliphatic rings. The van der Waals surface area contributed by atoms with Crippen LogP contribution in [-0.2, 0) is 4.74 Å². The highest BCUT2D eigenvalue weighted by atomic mass is 16.6. The second kappa shape index (κ2) is 5.39. The number of aromatic hydroxyl groups is 1. The first-order chi connectivity index (χ1) is 7.56. The molecule has 0 spiro atoms. The fourth-order valence-corrected chi connectivity index (χ4v) is 1.36. The minimum atomic E-state index is -0.344. The molecule has 0 saturated carbocycles. The Morgan fingerprint density at radius 2 is 2.00 bits per heavy atom. The fraction of sp³-hybridized carbons (Fsp3) is 0.417. The molecule has 1 unspecified atom stereocenters. The summed E-state index contributed by atoms with van der Waals surface area (Å²) in [7, 11) is 1.69. The predicted molar refractivity (Wildman–Crippen MR) is 61.3 cm³/mol. The quantitative estimate of drug-likeness (QED) is 0.856. The summed E-state index contributed by atoms with van der Waals surface area (Å²) in [6, 6.07) is 6.70. The molecule has 1 aromatic carbocycles. The standard InChI is InChI=1S/C12H17NO3/c1-4-16-12(15)13(3)9(2)10-5-7-11(14)8-6-10/h5-9,14H,4H2,1-3H3. The molecule has 0 fully saturated rings. The van der Waals surface area contributed by atoms with Crippen molar-refractivity contribution in [3.63, 3.8) is 0 Å². The summed E-state index contributed by atoms with van der Waals surface area (Å²) < 4.78 is 4.91. The van der Waals surface area contributed by atoms with Crippen LogP contribution in [0.4, 0.5) is 4.79 Å². The van der Waals surface area contributed by atoms with Crippen molar-refractivity contribution in [2.24, 2.45) is 0 Å². The average Bonchev–Trinajstić information content (AvgIpc) is 2.28. The van der Waals surface area contributed by atoms with Crippen LogP contribution in [0, 0.1) is 0 Å². The van der Waals surface area contributed by atoms with Crippen LogP contribution in [0.5, 0.6) is 5.75 Å². The first-order valence-electron chi connectivity index (χ1n) is 5.24. The summed E-state index contributed by atoms with van der Waals surface area (Å²) in [6.07, 6.45) is -0.344. The van der Waals surface area contributed by atoms with Gasteiger partial charge in [0, 0.05) is 7.05 Å². The monoisotopic (exact) mass is 223 g/mol. The molecule has 1 N–H and O–H groups in total. The second-order valence-electron chi connectivity index (χ2n) is 3.58. The van der Waals surface area contributed by atoms with Gasteiger partial charge in [-0.2, -0.15) is 0 Å². The first kappa shape index (κ1) is 12.4. The van der Waals surface area contributed by atoms with Crippen molar-refractivity contribution in [1.82, 2.24) is 4.90 Å². The van der Waals surface area contributed by atoms with Crippen LogP contribution in [0.1, 0.15) is 25.5 Å². The number of hydrogen-bond acceptors (Lipinski definition) is 3. The van der Waals surface area contributed by atoms with E-state index in [0.29, 0.717) is 6.61 Å². The molecule has 0 aliphatic carbocycles. The number of ether oxygens (including phenoxy) is 1. The van der Waals surface area contributed by atoms with Crippen molar-refractivity contribution < 1.29 is 14.6 Å². The topological polar surface area (TPSA) is 49.8 Å². The molecule has 0 aromatic heterocycles. The van der Waals surface area contributed by atoms with Crippen molar-refractivity contribution in [1.29, 1.82) is 0 Å². The summed E-state index contributed by atoms with van der Waals surface area (Å²) in [6.45, 7) is 4.05. The van der Waals surface area contributed by atoms with E-state index >= 15 is 0 Å². The van der Waals surface area contributed by atoms with Gasteiger partial charge in [0.25, 0.3) is 0 Å². The van der Waals surface area contributed by atoms with Crippen LogP contribution in [0.3, 0.4) is 0 Å². The van der Waals surface area contributed by atoms with Crippen LogP contribution in [0.2, 0.25) is 0 Å². The molecule has 0 radical (unpaired) electrons. The van der Waals surface area contributed by atoms with Gasteiger partial charge in [0.2, 0.25) is 0 Å². The molecule has 0 heterocycles. The van der Waals surface area contributed by atoms with Crippen LogP contribution in [0.15, 0.2) is 24.3 Å². The summed E-state index contributed by atoms with van der Waals surface area (Å²) in [4.78, 5) is 13.0. The number of benzene rings is 1. The van der Waals surface area contributed by atoms with Gasteiger partial charge in [-0.25, -0.2) is 4.79 Å². The van der Waals surface area contributed by atoms with Crippen molar-refractivity contribution in [3.05, 3.63) is 29.8 Å². The van der Waals surface area contributed by atoms with Crippen LogP contribution in [-0.4, -0.2) is 29.8 Å². The zero-order valence-electron chi connectivity index (χ0n) is 9.80. The molecule has 16 heavy (non-hydrogen) atoms. The Morgan fingerprint density at radius 3 is 2.50 bits per heavy atom. The molecule has 1 atom stereocenters. The Bertz CT molecular complexity index is 348. The van der Waals surface area contributed by atoms with Crippen molar-refractivity contribution >= 4 is 6.09 Å². The van der Waals surface area contributed by atoms with Gasteiger partial charge in [0.05, 0.1) is 12.6 Å². The van der Waals surface area contributed by atoms with Crippen molar-refractivity contribution in [2.45, 2.75) is 19.9 Å². The smallest absolute Gasteiger partial charge is 0.409 e. The number of amides is 1. The second-order valence-corrected chi connectivity index (χ2v) is 3.58. The predicted octanol–water partition coefficient (Wildman–Crippen LogP) is 2.54. The largest absolute Gasteiger partial charge is 0.508 e. The van der Waals surface area contributed by atoms with E-state index in [1.807, 2.05) is 6.92 Å². The SMILES string of the molecule is CCOC(=O)N(C)C(C)c1ccc(O)cc1. The molecule has 1 amide bonds. The molecule has 0 aliphatic heterocycles. The van der Waals surface area contributed by atoms with Crippen LogP contribution in [0.25, 0.3) is 0 Å². The van der Waals surface area contributed by atoms with Crippen molar-refractivity contribution in [2.75, 3.05) is 13.7 Å². The van der Waals surface area contributed by atoms with E-state index in [1.54, 1.807) is 38.2 Å². The van der Waals surface area contributed by atoms with Crippen LogP contribution >= 0.6 is 0 Å². The molecule has 0 saturated heterocycles.